The van der Waals surface area contributed by atoms with Gasteiger partial charge in [-0.25, -0.2) is 0 Å². The van der Waals surface area contributed by atoms with E-state index in [0.717, 1.165) is 0 Å². The standard InChI is InChI=1S/3CH3.HI.Zr/h3*1H3;1H;/q;;;;+1/p-1. The van der Waals surface area contributed by atoms with Gasteiger partial charge < -0.3 is 0 Å². The summed E-state index contributed by atoms with van der Waals surface area (Å²) in [6.07, 6.45) is 0. The second kappa shape index (κ2) is 2.06. The van der Waals surface area contributed by atoms with E-state index in [4.69, 9.17) is 0 Å². The molecule has 5 heavy (non-hydrogen) atoms. The van der Waals surface area contributed by atoms with Gasteiger partial charge in [-0.15, -0.1) is 0 Å². The van der Waals surface area contributed by atoms with Crippen LogP contribution in [0.4, 0.5) is 0 Å². The zero-order valence-electron chi connectivity index (χ0n) is 3.88. The van der Waals surface area contributed by atoms with Gasteiger partial charge in [-0.05, 0) is 0 Å². The Morgan fingerprint density at radius 1 is 1.20 bits per heavy atom. The van der Waals surface area contributed by atoms with Crippen LogP contribution in [-0.4, -0.2) is 0 Å². The Morgan fingerprint density at radius 3 is 1.20 bits per heavy atom. The van der Waals surface area contributed by atoms with Crippen LogP contribution in [0.3, 0.4) is 0 Å². The second-order valence-corrected chi connectivity index (χ2v) is 31.4. The van der Waals surface area contributed by atoms with Gasteiger partial charge in [0.1, 0.15) is 0 Å². The normalized spacial score (nSPS) is 12.0. The molecule has 0 aliphatic heterocycles. The van der Waals surface area contributed by atoms with Crippen molar-refractivity contribution < 1.29 is 16.1 Å². The Morgan fingerprint density at radius 2 is 1.20 bits per heavy atom. The van der Waals surface area contributed by atoms with Crippen LogP contribution < -0.4 is 0 Å². The molecule has 0 saturated heterocycles. The summed E-state index contributed by atoms with van der Waals surface area (Å²) in [7, 11) is 0. The average Bonchev–Trinajstić information content (AvgIpc) is 0.722. The first-order chi connectivity index (χ1) is 2.00. The number of hydrogen-bond acceptors (Lipinski definition) is 0. The molecule has 0 unspecified atom stereocenters. The fourth-order valence-corrected chi connectivity index (χ4v) is 0. The van der Waals surface area contributed by atoms with Crippen LogP contribution >= 0.6 is 18.0 Å². The molecule has 0 saturated carbocycles. The fraction of sp³-hybridized carbons (Fsp3) is 1.00. The third kappa shape index (κ3) is 28.2. The van der Waals surface area contributed by atoms with Crippen molar-refractivity contribution >= 4 is 18.0 Å². The van der Waals surface area contributed by atoms with Crippen molar-refractivity contribution in [3.8, 4) is 0 Å². The van der Waals surface area contributed by atoms with Crippen LogP contribution in [0, 0.1) is 0 Å². The van der Waals surface area contributed by atoms with Gasteiger partial charge in [0.15, 0.2) is 0 Å². The molecule has 0 atom stereocenters. The summed E-state index contributed by atoms with van der Waals surface area (Å²) in [5, 5.41) is 0. The minimum atomic E-state index is -1.21. The first-order valence-electron chi connectivity index (χ1n) is 1.69. The van der Waals surface area contributed by atoms with E-state index in [-0.39, 0.29) is 0 Å². The fourth-order valence-electron chi connectivity index (χ4n) is 0. The van der Waals surface area contributed by atoms with Gasteiger partial charge in [-0.1, -0.05) is 0 Å². The van der Waals surface area contributed by atoms with E-state index in [1.54, 1.807) is 0 Å². The molecule has 0 heterocycles. The molecule has 0 bridgehead atoms. The first kappa shape index (κ1) is 6.61. The summed E-state index contributed by atoms with van der Waals surface area (Å²) in [6, 6.07) is 0. The topological polar surface area (TPSA) is 0 Å². The summed E-state index contributed by atoms with van der Waals surface area (Å²) in [5.41, 5.74) is 0. The average molecular weight is 263 g/mol. The third-order valence-electron chi connectivity index (χ3n) is 0. The van der Waals surface area contributed by atoms with E-state index in [9.17, 15) is 0 Å². The zero-order valence-corrected chi connectivity index (χ0v) is 8.49. The molecule has 0 aromatic rings. The summed E-state index contributed by atoms with van der Waals surface area (Å²) in [5.74, 6) is 0. The maximum absolute atomic E-state index is 2.59. The molecule has 0 nitrogen and oxygen atoms in total. The maximum atomic E-state index is 2.59. The molecule has 0 N–H and O–H groups in total. The van der Waals surface area contributed by atoms with E-state index in [1.165, 1.54) is 0 Å². The molecule has 0 aliphatic carbocycles. The molecule has 0 amide bonds. The van der Waals surface area contributed by atoms with Crippen LogP contribution in [0.25, 0.3) is 0 Å². The van der Waals surface area contributed by atoms with E-state index in [2.05, 4.69) is 31.9 Å². The van der Waals surface area contributed by atoms with Crippen LogP contribution in [-0.2, 0) is 16.1 Å². The van der Waals surface area contributed by atoms with Crippen molar-refractivity contribution in [1.82, 2.24) is 0 Å². The first-order valence-corrected chi connectivity index (χ1v) is 16.4. The Kier molecular flexibility index (Phi) is 2.73. The summed E-state index contributed by atoms with van der Waals surface area (Å²) in [6.45, 7) is 0. The van der Waals surface area contributed by atoms with Crippen LogP contribution in [0.5, 0.6) is 0 Å². The number of rotatable bonds is 0. The SMILES string of the molecule is [CH3][Zr]([CH3])([CH3])[I]. The molecule has 32 valence electrons. The summed E-state index contributed by atoms with van der Waals surface area (Å²) < 4.78 is 7.15. The van der Waals surface area contributed by atoms with Gasteiger partial charge in [0.25, 0.3) is 0 Å². The minimum absolute atomic E-state index is 1.21. The molecule has 0 fully saturated rings. The van der Waals surface area contributed by atoms with Crippen LogP contribution in [0.1, 0.15) is 0 Å². The van der Waals surface area contributed by atoms with Gasteiger partial charge in [-0.2, -0.15) is 0 Å². The molecule has 0 spiro atoms. The summed E-state index contributed by atoms with van der Waals surface area (Å²) >= 11 is 1.38. The molecule has 0 aliphatic rings. The Bertz CT molecular complexity index is 22.4. The van der Waals surface area contributed by atoms with Gasteiger partial charge in [0, 0.05) is 0 Å². The van der Waals surface area contributed by atoms with Crippen molar-refractivity contribution in [2.45, 2.75) is 13.9 Å². The molecular formula is C3H9IZr. The molecule has 2 heteroatoms. The number of halogens is 1. The predicted molar refractivity (Wildman–Crippen MR) is 31.6 cm³/mol. The van der Waals surface area contributed by atoms with Gasteiger partial charge in [0.05, 0.1) is 0 Å². The predicted octanol–water partition coefficient (Wildman–Crippen LogP) is 2.63. The van der Waals surface area contributed by atoms with E-state index >= 15 is 0 Å². The van der Waals surface area contributed by atoms with Gasteiger partial charge in [-0.3, -0.25) is 0 Å². The molecule has 0 rings (SSSR count). The summed E-state index contributed by atoms with van der Waals surface area (Å²) in [4.78, 5) is 0. The molecule has 0 radical (unpaired) electrons. The van der Waals surface area contributed by atoms with Crippen LogP contribution in [0.2, 0.25) is 13.9 Å². The third-order valence-corrected chi connectivity index (χ3v) is 0. The number of hydrogen-bond donors (Lipinski definition) is 0. The van der Waals surface area contributed by atoms with Crippen molar-refractivity contribution in [3.05, 3.63) is 0 Å². The Hall–Kier alpha value is 1.61. The Labute approximate surface area is 47.4 Å². The second-order valence-electron chi connectivity index (χ2n) is 2.07. The quantitative estimate of drug-likeness (QED) is 0.589. The van der Waals surface area contributed by atoms with Gasteiger partial charge >= 0.3 is 48.0 Å². The van der Waals surface area contributed by atoms with E-state index in [0.29, 0.717) is 0 Å². The molecule has 0 aromatic heterocycles. The van der Waals surface area contributed by atoms with Crippen molar-refractivity contribution in [2.75, 3.05) is 0 Å². The Balaban J connectivity index is 3.02. The van der Waals surface area contributed by atoms with Crippen molar-refractivity contribution in [3.63, 3.8) is 0 Å². The molecular weight excluding hydrogens is 254 g/mol. The van der Waals surface area contributed by atoms with Crippen molar-refractivity contribution in [2.24, 2.45) is 0 Å². The van der Waals surface area contributed by atoms with Crippen molar-refractivity contribution in [1.29, 1.82) is 0 Å². The van der Waals surface area contributed by atoms with Gasteiger partial charge in [0.2, 0.25) is 0 Å². The van der Waals surface area contributed by atoms with E-state index in [1.807, 2.05) is 0 Å². The van der Waals surface area contributed by atoms with E-state index < -0.39 is 16.1 Å². The van der Waals surface area contributed by atoms with Crippen LogP contribution in [0.15, 0.2) is 0 Å². The monoisotopic (exact) mass is 262 g/mol. The molecule has 0 aromatic carbocycles. The zero-order chi connectivity index (χ0) is 4.50.